The minimum absolute atomic E-state index is 0.310. The highest BCUT2D eigenvalue weighted by Gasteiger charge is 2.16. The quantitative estimate of drug-likeness (QED) is 0.115. The van der Waals surface area contributed by atoms with Gasteiger partial charge in [-0.1, -0.05) is 19.4 Å². The van der Waals surface area contributed by atoms with Gasteiger partial charge in [-0.05, 0) is 60.3 Å². The van der Waals surface area contributed by atoms with Crippen molar-refractivity contribution in [2.45, 2.75) is 19.8 Å². The summed E-state index contributed by atoms with van der Waals surface area (Å²) >= 11 is 1.43. The number of carbonyl (C=O) groups excluding carboxylic acids is 1. The SMILES string of the molecule is CCCCOc1ccc(N=Nc2ccc(OC(=O)/C=C/c3cccs3)c(F)c2F)cc1. The Morgan fingerprint density at radius 1 is 1.06 bits per heavy atom. The van der Waals surface area contributed by atoms with E-state index in [4.69, 9.17) is 9.47 Å². The Hall–Kier alpha value is -3.39. The number of carbonyl (C=O) groups is 1. The van der Waals surface area contributed by atoms with Crippen molar-refractivity contribution in [1.29, 1.82) is 0 Å². The predicted octanol–water partition coefficient (Wildman–Crippen LogP) is 7.24. The van der Waals surface area contributed by atoms with E-state index >= 15 is 0 Å². The highest BCUT2D eigenvalue weighted by molar-refractivity contribution is 7.10. The summed E-state index contributed by atoms with van der Waals surface area (Å²) in [5.41, 5.74) is 0.145. The third-order valence-electron chi connectivity index (χ3n) is 4.04. The minimum atomic E-state index is -1.31. The zero-order valence-electron chi connectivity index (χ0n) is 16.8. The molecule has 0 unspecified atom stereocenters. The number of hydrogen-bond acceptors (Lipinski definition) is 6. The normalized spacial score (nSPS) is 11.3. The molecule has 3 aromatic rings. The molecule has 0 saturated carbocycles. The highest BCUT2D eigenvalue weighted by Crippen LogP contribution is 2.29. The van der Waals surface area contributed by atoms with Crippen LogP contribution in [0.5, 0.6) is 11.5 Å². The van der Waals surface area contributed by atoms with Crippen LogP contribution in [0, 0.1) is 11.6 Å². The van der Waals surface area contributed by atoms with Gasteiger partial charge >= 0.3 is 5.97 Å². The molecule has 0 radical (unpaired) electrons. The maximum absolute atomic E-state index is 14.3. The van der Waals surface area contributed by atoms with Crippen LogP contribution in [0.3, 0.4) is 0 Å². The molecule has 31 heavy (non-hydrogen) atoms. The first-order chi connectivity index (χ1) is 15.1. The maximum atomic E-state index is 14.3. The Bertz CT molecular complexity index is 1070. The van der Waals surface area contributed by atoms with Gasteiger partial charge in [-0.2, -0.15) is 9.50 Å². The molecule has 5 nitrogen and oxygen atoms in total. The van der Waals surface area contributed by atoms with Gasteiger partial charge in [-0.25, -0.2) is 9.18 Å². The van der Waals surface area contributed by atoms with Crippen LogP contribution in [0.25, 0.3) is 6.08 Å². The van der Waals surface area contributed by atoms with E-state index in [9.17, 15) is 13.6 Å². The lowest BCUT2D eigenvalue weighted by Gasteiger charge is -2.05. The molecule has 160 valence electrons. The van der Waals surface area contributed by atoms with Crippen LogP contribution in [0.15, 0.2) is 70.2 Å². The van der Waals surface area contributed by atoms with Gasteiger partial charge in [0.15, 0.2) is 11.6 Å². The first-order valence-electron chi connectivity index (χ1n) is 9.63. The molecular weight excluding hydrogens is 422 g/mol. The molecule has 1 heterocycles. The van der Waals surface area contributed by atoms with Crippen LogP contribution >= 0.6 is 11.3 Å². The summed E-state index contributed by atoms with van der Waals surface area (Å²) in [4.78, 5) is 12.7. The van der Waals surface area contributed by atoms with Crippen molar-refractivity contribution in [2.24, 2.45) is 10.2 Å². The third-order valence-corrected chi connectivity index (χ3v) is 4.88. The number of benzene rings is 2. The number of rotatable bonds is 9. The Kier molecular flexibility index (Phi) is 8.00. The highest BCUT2D eigenvalue weighted by atomic mass is 32.1. The van der Waals surface area contributed by atoms with Crippen LogP contribution in [0.2, 0.25) is 0 Å². The number of thiophene rings is 1. The van der Waals surface area contributed by atoms with Gasteiger partial charge in [0.2, 0.25) is 5.82 Å². The number of hydrogen-bond donors (Lipinski definition) is 0. The van der Waals surface area contributed by atoms with E-state index in [0.717, 1.165) is 29.9 Å². The topological polar surface area (TPSA) is 60.3 Å². The molecule has 0 fully saturated rings. The molecule has 8 heteroatoms. The Labute approximate surface area is 182 Å². The second-order valence-corrected chi connectivity index (χ2v) is 7.36. The average Bonchev–Trinajstić information content (AvgIpc) is 3.30. The van der Waals surface area contributed by atoms with Gasteiger partial charge in [0.25, 0.3) is 0 Å². The molecule has 0 spiro atoms. The average molecular weight is 442 g/mol. The molecule has 3 rings (SSSR count). The zero-order valence-corrected chi connectivity index (χ0v) is 17.6. The third kappa shape index (κ3) is 6.55. The van der Waals surface area contributed by atoms with Crippen molar-refractivity contribution >= 4 is 34.8 Å². The van der Waals surface area contributed by atoms with Gasteiger partial charge < -0.3 is 9.47 Å². The maximum Gasteiger partial charge on any atom is 0.336 e. The summed E-state index contributed by atoms with van der Waals surface area (Å²) in [5, 5.41) is 9.51. The summed E-state index contributed by atoms with van der Waals surface area (Å²) in [6.07, 6.45) is 4.68. The molecule has 0 atom stereocenters. The fraction of sp³-hybridized carbons (Fsp3) is 0.174. The van der Waals surface area contributed by atoms with Crippen LogP contribution < -0.4 is 9.47 Å². The van der Waals surface area contributed by atoms with E-state index in [0.29, 0.717) is 18.0 Å². The van der Waals surface area contributed by atoms with Crippen LogP contribution in [0.4, 0.5) is 20.2 Å². The Morgan fingerprint density at radius 2 is 1.87 bits per heavy atom. The number of halogens is 2. The lowest BCUT2D eigenvalue weighted by atomic mass is 10.2. The van der Waals surface area contributed by atoms with Gasteiger partial charge in [0, 0.05) is 11.0 Å². The summed E-state index contributed by atoms with van der Waals surface area (Å²) in [5.74, 6) is -3.21. The van der Waals surface area contributed by atoms with E-state index < -0.39 is 23.4 Å². The molecule has 0 N–H and O–H groups in total. The molecule has 0 saturated heterocycles. The second-order valence-electron chi connectivity index (χ2n) is 6.38. The Morgan fingerprint density at radius 3 is 2.58 bits per heavy atom. The van der Waals surface area contributed by atoms with Crippen LogP contribution in [-0.2, 0) is 4.79 Å². The van der Waals surface area contributed by atoms with E-state index in [1.165, 1.54) is 23.5 Å². The van der Waals surface area contributed by atoms with Gasteiger partial charge in [0.05, 0.1) is 12.3 Å². The van der Waals surface area contributed by atoms with Crippen molar-refractivity contribution < 1.29 is 23.0 Å². The Balaban J connectivity index is 1.63. The first kappa shape index (κ1) is 22.3. The number of esters is 1. The lowest BCUT2D eigenvalue weighted by Crippen LogP contribution is -2.06. The minimum Gasteiger partial charge on any atom is -0.494 e. The van der Waals surface area contributed by atoms with E-state index in [-0.39, 0.29) is 5.69 Å². The molecular formula is C23H20F2N2O3S. The van der Waals surface area contributed by atoms with Crippen molar-refractivity contribution in [2.75, 3.05) is 6.61 Å². The zero-order chi connectivity index (χ0) is 22.1. The molecule has 0 amide bonds. The van der Waals surface area contributed by atoms with E-state index in [2.05, 4.69) is 17.2 Å². The predicted molar refractivity (Wildman–Crippen MR) is 116 cm³/mol. The molecule has 0 aliphatic heterocycles. The number of azo groups is 1. The smallest absolute Gasteiger partial charge is 0.336 e. The second kappa shape index (κ2) is 11.1. The fourth-order valence-electron chi connectivity index (χ4n) is 2.41. The summed E-state index contributed by atoms with van der Waals surface area (Å²) in [7, 11) is 0. The van der Waals surface area contributed by atoms with Crippen molar-refractivity contribution in [3.05, 3.63) is 76.5 Å². The lowest BCUT2D eigenvalue weighted by molar-refractivity contribution is -0.129. The van der Waals surface area contributed by atoms with Crippen molar-refractivity contribution in [1.82, 2.24) is 0 Å². The summed E-state index contributed by atoms with van der Waals surface area (Å²) in [6, 6.07) is 12.7. The standard InChI is InChI=1S/C23H20F2N2O3S/c1-2-3-14-29-17-8-6-16(7-9-17)26-27-19-11-12-20(23(25)22(19)24)30-21(28)13-10-18-5-4-15-31-18/h4-13,15H,2-3,14H2,1H3/b13-10+,27-26?. The van der Waals surface area contributed by atoms with Gasteiger partial charge in [-0.3, -0.25) is 0 Å². The van der Waals surface area contributed by atoms with Crippen LogP contribution in [-0.4, -0.2) is 12.6 Å². The molecule has 0 bridgehead atoms. The van der Waals surface area contributed by atoms with Crippen molar-refractivity contribution in [3.8, 4) is 11.5 Å². The number of nitrogens with zero attached hydrogens (tertiary/aromatic N) is 2. The van der Waals surface area contributed by atoms with Gasteiger partial charge in [-0.15, -0.1) is 16.5 Å². The molecule has 0 aliphatic rings. The molecule has 0 aliphatic carbocycles. The molecule has 2 aromatic carbocycles. The van der Waals surface area contributed by atoms with E-state index in [1.54, 1.807) is 24.3 Å². The monoisotopic (exact) mass is 442 g/mol. The van der Waals surface area contributed by atoms with Crippen LogP contribution in [0.1, 0.15) is 24.6 Å². The van der Waals surface area contributed by atoms with Gasteiger partial charge in [0.1, 0.15) is 11.4 Å². The first-order valence-corrected chi connectivity index (χ1v) is 10.5. The largest absolute Gasteiger partial charge is 0.494 e. The fourth-order valence-corrected chi connectivity index (χ4v) is 3.03. The number of ether oxygens (including phenoxy) is 2. The summed E-state index contributed by atoms with van der Waals surface area (Å²) < 4.78 is 39.0. The molecule has 1 aromatic heterocycles. The van der Waals surface area contributed by atoms with E-state index in [1.807, 2.05) is 17.5 Å². The summed E-state index contributed by atoms with van der Waals surface area (Å²) in [6.45, 7) is 2.71. The van der Waals surface area contributed by atoms with Crippen molar-refractivity contribution in [3.63, 3.8) is 0 Å². The number of unbranched alkanes of at least 4 members (excludes halogenated alkanes) is 1.